The number of quaternary nitrogens is 1. The number of hydrogen-bond acceptors (Lipinski definition) is 7. The molecule has 0 aliphatic rings. The highest BCUT2D eigenvalue weighted by Crippen LogP contribution is 2.43. The molecule has 0 amide bonds. The molecule has 0 aromatic heterocycles. The zero-order valence-corrected chi connectivity index (χ0v) is 49.1. The van der Waals surface area contributed by atoms with Crippen molar-refractivity contribution in [2.24, 2.45) is 0 Å². The van der Waals surface area contributed by atoms with E-state index in [0.717, 1.165) is 64.2 Å². The molecule has 0 bridgehead atoms. The lowest BCUT2D eigenvalue weighted by Gasteiger charge is -2.24. The van der Waals surface area contributed by atoms with E-state index in [1.54, 1.807) is 0 Å². The molecule has 72 heavy (non-hydrogen) atoms. The van der Waals surface area contributed by atoms with Crippen LogP contribution in [0.15, 0.2) is 36.5 Å². The van der Waals surface area contributed by atoms with Gasteiger partial charge in [0.1, 0.15) is 19.8 Å². The van der Waals surface area contributed by atoms with Crippen LogP contribution in [0.3, 0.4) is 0 Å². The molecular weight excluding hydrogens is 918 g/mol. The van der Waals surface area contributed by atoms with Crippen molar-refractivity contribution in [3.63, 3.8) is 0 Å². The minimum atomic E-state index is -4.39. The summed E-state index contributed by atoms with van der Waals surface area (Å²) in [5.74, 6) is -0.796. The first-order chi connectivity index (χ1) is 35.0. The molecule has 1 N–H and O–H groups in total. The highest BCUT2D eigenvalue weighted by molar-refractivity contribution is 7.47. The smallest absolute Gasteiger partial charge is 0.462 e. The van der Waals surface area contributed by atoms with Gasteiger partial charge in [-0.3, -0.25) is 18.6 Å². The number of phosphoric acid groups is 1. The van der Waals surface area contributed by atoms with Crippen molar-refractivity contribution in [3.8, 4) is 0 Å². The fourth-order valence-electron chi connectivity index (χ4n) is 8.97. The van der Waals surface area contributed by atoms with Gasteiger partial charge in [0.05, 0.1) is 27.7 Å². The average Bonchev–Trinajstić information content (AvgIpc) is 3.34. The molecular formula is C62H119NO8P+. The number of unbranched alkanes of at least 4 members (excludes halogenated alkanes) is 37. The number of rotatable bonds is 57. The molecule has 0 heterocycles. The van der Waals surface area contributed by atoms with E-state index in [1.807, 2.05) is 21.1 Å². The number of nitrogens with zero attached hydrogens (tertiary/aromatic N) is 1. The Labute approximate surface area is 446 Å². The zero-order valence-electron chi connectivity index (χ0n) is 48.2. The molecule has 10 heteroatoms. The molecule has 0 spiro atoms. The third-order valence-electron chi connectivity index (χ3n) is 13.7. The molecule has 0 aromatic rings. The second kappa shape index (κ2) is 54.0. The Bertz CT molecular complexity index is 1310. The van der Waals surface area contributed by atoms with Gasteiger partial charge in [-0.1, -0.05) is 275 Å². The third kappa shape index (κ3) is 57.5. The lowest BCUT2D eigenvalue weighted by Crippen LogP contribution is -2.37. The Hall–Kier alpha value is -1.77. The predicted octanol–water partition coefficient (Wildman–Crippen LogP) is 19.2. The number of hydrogen-bond donors (Lipinski definition) is 1. The summed E-state index contributed by atoms with van der Waals surface area (Å²) in [7, 11) is 1.48. The second-order valence-electron chi connectivity index (χ2n) is 22.1. The van der Waals surface area contributed by atoms with E-state index in [9.17, 15) is 19.0 Å². The summed E-state index contributed by atoms with van der Waals surface area (Å²) in [6.07, 6.45) is 66.7. The molecule has 0 radical (unpaired) electrons. The molecule has 0 rings (SSSR count). The van der Waals surface area contributed by atoms with E-state index in [0.29, 0.717) is 23.9 Å². The topological polar surface area (TPSA) is 108 Å². The number of carbonyl (C=O) groups excluding carboxylic acids is 2. The summed E-state index contributed by atoms with van der Waals surface area (Å²) in [6, 6.07) is 0. The van der Waals surface area contributed by atoms with Crippen LogP contribution >= 0.6 is 7.82 Å². The van der Waals surface area contributed by atoms with Crippen molar-refractivity contribution in [3.05, 3.63) is 36.5 Å². The minimum absolute atomic E-state index is 0.0307. The molecule has 424 valence electrons. The fraction of sp³-hybridized carbons (Fsp3) is 0.871. The Balaban J connectivity index is 4.00. The van der Waals surface area contributed by atoms with Crippen molar-refractivity contribution < 1.29 is 42.1 Å². The molecule has 2 atom stereocenters. The minimum Gasteiger partial charge on any atom is -0.462 e. The van der Waals surface area contributed by atoms with Crippen LogP contribution in [0.4, 0.5) is 0 Å². The standard InChI is InChI=1S/C62H118NO8P/c1-6-8-10-12-14-16-18-20-22-24-25-26-27-28-29-30-31-32-33-34-35-36-37-39-40-42-44-46-48-50-52-54-61(64)68-58-60(59-70-72(66,67)69-57-56-63(3,4)5)71-62(65)55-53-51-49-47-45-43-41-38-23-21-19-17-15-13-11-9-7-2/h9,11,15,17,21,23,60H,6-8,10,12-14,16,18-20,22,24-59H2,1-5H3/p+1/b11-9-,17-15-,23-21-. The summed E-state index contributed by atoms with van der Waals surface area (Å²) in [5, 5.41) is 0. The highest BCUT2D eigenvalue weighted by Gasteiger charge is 2.27. The zero-order chi connectivity index (χ0) is 52.7. The van der Waals surface area contributed by atoms with Crippen molar-refractivity contribution >= 4 is 19.8 Å². The van der Waals surface area contributed by atoms with Gasteiger partial charge in [-0.2, -0.15) is 0 Å². The molecule has 9 nitrogen and oxygen atoms in total. The first-order valence-corrected chi connectivity index (χ1v) is 32.2. The summed E-state index contributed by atoms with van der Waals surface area (Å²) < 4.78 is 34.6. The number of esters is 2. The highest BCUT2D eigenvalue weighted by atomic mass is 31.2. The van der Waals surface area contributed by atoms with Crippen LogP contribution in [0, 0.1) is 0 Å². The van der Waals surface area contributed by atoms with Crippen LogP contribution in [0.5, 0.6) is 0 Å². The number of phosphoric ester groups is 1. The summed E-state index contributed by atoms with van der Waals surface area (Å²) >= 11 is 0. The quantitative estimate of drug-likeness (QED) is 0.0211. The number of carbonyl (C=O) groups is 2. The Morgan fingerprint density at radius 1 is 0.444 bits per heavy atom. The van der Waals surface area contributed by atoms with Gasteiger partial charge < -0.3 is 18.9 Å². The van der Waals surface area contributed by atoms with E-state index in [2.05, 4.69) is 50.3 Å². The van der Waals surface area contributed by atoms with Crippen molar-refractivity contribution in [1.29, 1.82) is 0 Å². The van der Waals surface area contributed by atoms with Crippen LogP contribution in [-0.4, -0.2) is 74.9 Å². The summed E-state index contributed by atoms with van der Waals surface area (Å²) in [4.78, 5) is 35.7. The molecule has 0 aliphatic carbocycles. The Morgan fingerprint density at radius 2 is 0.792 bits per heavy atom. The molecule has 0 fully saturated rings. The van der Waals surface area contributed by atoms with Gasteiger partial charge in [-0.25, -0.2) is 4.57 Å². The summed E-state index contributed by atoms with van der Waals surface area (Å²) in [6.45, 7) is 4.36. The fourth-order valence-corrected chi connectivity index (χ4v) is 9.72. The third-order valence-corrected chi connectivity index (χ3v) is 14.7. The maximum atomic E-state index is 12.8. The first-order valence-electron chi connectivity index (χ1n) is 30.7. The van der Waals surface area contributed by atoms with Gasteiger partial charge in [0.2, 0.25) is 0 Å². The van der Waals surface area contributed by atoms with Crippen LogP contribution < -0.4 is 0 Å². The van der Waals surface area contributed by atoms with Crippen molar-refractivity contribution in [2.75, 3.05) is 47.5 Å². The number of ether oxygens (including phenoxy) is 2. The van der Waals surface area contributed by atoms with E-state index in [1.165, 1.54) is 199 Å². The maximum absolute atomic E-state index is 12.8. The molecule has 0 aliphatic heterocycles. The van der Waals surface area contributed by atoms with Gasteiger partial charge in [0, 0.05) is 12.8 Å². The lowest BCUT2D eigenvalue weighted by atomic mass is 10.0. The number of likely N-dealkylation sites (N-methyl/N-ethyl adjacent to an activating group) is 1. The van der Waals surface area contributed by atoms with Gasteiger partial charge >= 0.3 is 19.8 Å². The van der Waals surface area contributed by atoms with E-state index in [4.69, 9.17) is 18.5 Å². The van der Waals surface area contributed by atoms with Gasteiger partial charge in [-0.15, -0.1) is 0 Å². The predicted molar refractivity (Wildman–Crippen MR) is 307 cm³/mol. The van der Waals surface area contributed by atoms with Crippen LogP contribution in [-0.2, 0) is 32.7 Å². The Kier molecular flexibility index (Phi) is 52.7. The molecule has 0 saturated carbocycles. The number of allylic oxidation sites excluding steroid dienone is 6. The van der Waals surface area contributed by atoms with Crippen LogP contribution in [0.2, 0.25) is 0 Å². The second-order valence-corrected chi connectivity index (χ2v) is 23.5. The van der Waals surface area contributed by atoms with Gasteiger partial charge in [0.15, 0.2) is 6.10 Å². The van der Waals surface area contributed by atoms with Crippen LogP contribution in [0.25, 0.3) is 0 Å². The van der Waals surface area contributed by atoms with E-state index >= 15 is 0 Å². The Morgan fingerprint density at radius 3 is 1.18 bits per heavy atom. The van der Waals surface area contributed by atoms with E-state index < -0.39 is 26.5 Å². The average molecular weight is 1040 g/mol. The molecule has 0 aromatic carbocycles. The lowest BCUT2D eigenvalue weighted by molar-refractivity contribution is -0.870. The van der Waals surface area contributed by atoms with Gasteiger partial charge in [0.25, 0.3) is 0 Å². The van der Waals surface area contributed by atoms with Gasteiger partial charge in [-0.05, 0) is 44.9 Å². The monoisotopic (exact) mass is 1040 g/mol. The molecule has 0 saturated heterocycles. The van der Waals surface area contributed by atoms with Crippen molar-refractivity contribution in [2.45, 2.75) is 302 Å². The van der Waals surface area contributed by atoms with E-state index in [-0.39, 0.29) is 25.6 Å². The largest absolute Gasteiger partial charge is 0.472 e. The van der Waals surface area contributed by atoms with Crippen molar-refractivity contribution in [1.82, 2.24) is 0 Å². The summed E-state index contributed by atoms with van der Waals surface area (Å²) in [5.41, 5.74) is 0. The maximum Gasteiger partial charge on any atom is 0.472 e. The first kappa shape index (κ1) is 70.2. The van der Waals surface area contributed by atoms with Crippen LogP contribution in [0.1, 0.15) is 296 Å². The SMILES string of the molecule is CC/C=C\C/C=C\C/C=C\CCCCCCCCCC(=O)OC(COC(=O)CCCCCCCCCCCCCCCCCCCCCCCCCCCCCCCCC)COP(=O)(O)OCC[N+](C)(C)C. The molecule has 2 unspecified atom stereocenters. The normalized spacial score (nSPS) is 13.5.